The molecule has 3 rings (SSSR count). The minimum absolute atomic E-state index is 0.0138. The van der Waals surface area contributed by atoms with Crippen molar-refractivity contribution < 1.29 is 33.9 Å². The van der Waals surface area contributed by atoms with Crippen LogP contribution in [-0.4, -0.2) is 117 Å². The predicted octanol–water partition coefficient (Wildman–Crippen LogP) is 0.247. The van der Waals surface area contributed by atoms with Gasteiger partial charge in [-0.2, -0.15) is 12.6 Å². The molecule has 0 bridgehead atoms. The zero-order valence-corrected chi connectivity index (χ0v) is 35.0. The van der Waals surface area contributed by atoms with Crippen molar-refractivity contribution in [3.63, 3.8) is 0 Å². The second-order valence-corrected chi connectivity index (χ2v) is 14.4. The lowest BCUT2D eigenvalue weighted by atomic mass is 10.1. The van der Waals surface area contributed by atoms with Gasteiger partial charge in [-0.15, -0.1) is 5.73 Å². The molecule has 0 fully saturated rings. The SMILES string of the molecule is NC(=O)NCCCC(NC(=O)CN(Cc1ccccc1)C(=O)CNCc1cccnc1)C(=O)NC(CCCNC(N)O)C(=O)N(CC(=O)C=C=CCCS)Cc1cccnc1. The first-order chi connectivity index (χ1) is 29.4. The zero-order valence-electron chi connectivity index (χ0n) is 34.1. The number of carbonyl (C=O) groups excluding carboxylic acids is 6. The highest BCUT2D eigenvalue weighted by Gasteiger charge is 2.31. The van der Waals surface area contributed by atoms with Crippen molar-refractivity contribution >= 4 is 48.1 Å². The van der Waals surface area contributed by atoms with Gasteiger partial charge in [-0.25, -0.2) is 4.79 Å². The van der Waals surface area contributed by atoms with Gasteiger partial charge in [0.15, 0.2) is 12.1 Å². The Balaban J connectivity index is 1.86. The lowest BCUT2D eigenvalue weighted by Crippen LogP contribution is -2.56. The summed E-state index contributed by atoms with van der Waals surface area (Å²) in [5.41, 5.74) is 15.8. The topological polar surface area (TPSA) is 267 Å². The summed E-state index contributed by atoms with van der Waals surface area (Å²) >= 11 is 4.15. The molecule has 0 aliphatic rings. The van der Waals surface area contributed by atoms with Gasteiger partial charge in [0.2, 0.25) is 23.6 Å². The number of hydrogen-bond donors (Lipinski definition) is 9. The molecule has 328 valence electrons. The third-order valence-electron chi connectivity index (χ3n) is 8.88. The number of hydrogen-bond acceptors (Lipinski definition) is 13. The van der Waals surface area contributed by atoms with Gasteiger partial charge >= 0.3 is 6.03 Å². The molecule has 0 spiro atoms. The summed E-state index contributed by atoms with van der Waals surface area (Å²) < 4.78 is 0. The van der Waals surface area contributed by atoms with Crippen LogP contribution in [-0.2, 0) is 43.6 Å². The minimum atomic E-state index is -1.32. The molecular formula is C42H57N11O7S. The average molecular weight is 860 g/mol. The first kappa shape index (κ1) is 49.4. The molecule has 3 atom stereocenters. The van der Waals surface area contributed by atoms with Crippen molar-refractivity contribution in [2.24, 2.45) is 11.5 Å². The summed E-state index contributed by atoms with van der Waals surface area (Å²) in [6, 6.07) is 13.0. The molecule has 6 amide bonds. The maximum atomic E-state index is 14.4. The van der Waals surface area contributed by atoms with Gasteiger partial charge in [-0.05, 0) is 79.3 Å². The van der Waals surface area contributed by atoms with Gasteiger partial charge in [-0.1, -0.05) is 42.5 Å². The van der Waals surface area contributed by atoms with Crippen LogP contribution in [0.3, 0.4) is 0 Å². The number of rotatable bonds is 28. The quantitative estimate of drug-likeness (QED) is 0.0156. The molecule has 1 aromatic carbocycles. The molecule has 3 unspecified atom stereocenters. The van der Waals surface area contributed by atoms with Crippen LogP contribution in [0, 0.1) is 0 Å². The number of aliphatic hydroxyl groups is 1. The van der Waals surface area contributed by atoms with E-state index in [1.807, 2.05) is 36.4 Å². The number of benzene rings is 1. The molecule has 10 N–H and O–H groups in total. The standard InChI is InChI=1S/C42H57N11O7S/c43-41(59)48-20-9-16-35(50-37(55)30-52(27-31-11-3-1-4-12-31)38(56)26-47-24-32-13-7-18-45-23-32)39(57)51-36(17-10-21-49-42(44)60)40(58)53(28-33-14-8-19-46-25-33)29-34(54)15-5-2-6-22-61/h1-4,7-8,11-15,18-19,23,25,35-36,42,47,49,60-61H,6,9-10,16-17,20-22,24,26-30,44H2,(H,50,55)(H,51,57)(H3,43,48,59). The number of urea groups is 1. The van der Waals surface area contributed by atoms with Crippen LogP contribution < -0.4 is 38.1 Å². The van der Waals surface area contributed by atoms with Crippen LogP contribution in [0.2, 0.25) is 0 Å². The molecule has 0 aliphatic heterocycles. The number of primary amides is 1. The first-order valence-electron chi connectivity index (χ1n) is 19.9. The Morgan fingerprint density at radius 3 is 2.13 bits per heavy atom. The number of carbonyl (C=O) groups is 6. The van der Waals surface area contributed by atoms with E-state index in [-0.39, 0.29) is 70.9 Å². The summed E-state index contributed by atoms with van der Waals surface area (Å²) in [7, 11) is 0. The molecule has 3 aromatic rings. The lowest BCUT2D eigenvalue weighted by molar-refractivity contribution is -0.140. The van der Waals surface area contributed by atoms with Gasteiger partial charge < -0.3 is 41.9 Å². The van der Waals surface area contributed by atoms with E-state index >= 15 is 0 Å². The predicted molar refractivity (Wildman–Crippen MR) is 232 cm³/mol. The van der Waals surface area contributed by atoms with Crippen molar-refractivity contribution in [3.8, 4) is 0 Å². The van der Waals surface area contributed by atoms with Crippen molar-refractivity contribution in [1.82, 2.24) is 46.4 Å². The van der Waals surface area contributed by atoms with E-state index in [0.29, 0.717) is 24.3 Å². The Morgan fingerprint density at radius 2 is 1.48 bits per heavy atom. The smallest absolute Gasteiger partial charge is 0.312 e. The number of thiol groups is 1. The van der Waals surface area contributed by atoms with Crippen LogP contribution in [0.4, 0.5) is 4.79 Å². The number of aliphatic hydroxyl groups excluding tert-OH is 1. The second-order valence-electron chi connectivity index (χ2n) is 13.9. The van der Waals surface area contributed by atoms with Crippen molar-refractivity contribution in [2.75, 3.05) is 38.5 Å². The lowest BCUT2D eigenvalue weighted by Gasteiger charge is -2.29. The molecule has 0 saturated heterocycles. The summed E-state index contributed by atoms with van der Waals surface area (Å²) in [4.78, 5) is 91.2. The summed E-state index contributed by atoms with van der Waals surface area (Å²) in [5, 5.41) is 23.3. The number of aromatic nitrogens is 2. The van der Waals surface area contributed by atoms with Crippen LogP contribution in [0.15, 0.2) is 97.3 Å². The number of nitrogens with two attached hydrogens (primary N) is 2. The Labute approximate surface area is 361 Å². The number of nitrogens with one attached hydrogen (secondary N) is 5. The highest BCUT2D eigenvalue weighted by molar-refractivity contribution is 7.80. The van der Waals surface area contributed by atoms with Gasteiger partial charge in [-0.3, -0.25) is 45.0 Å². The molecule has 2 heterocycles. The first-order valence-corrected chi connectivity index (χ1v) is 20.5. The van der Waals surface area contributed by atoms with Gasteiger partial charge in [0.25, 0.3) is 0 Å². The Kier molecular flexibility index (Phi) is 23.1. The fraction of sp³-hybridized carbons (Fsp3) is 0.405. The van der Waals surface area contributed by atoms with Crippen LogP contribution >= 0.6 is 12.6 Å². The Hall–Kier alpha value is -5.95. The largest absolute Gasteiger partial charge is 0.366 e. The summed E-state index contributed by atoms with van der Waals surface area (Å²) in [5.74, 6) is -2.18. The molecule has 61 heavy (non-hydrogen) atoms. The highest BCUT2D eigenvalue weighted by atomic mass is 32.1. The number of nitrogens with zero attached hydrogens (tertiary/aromatic N) is 4. The number of amides is 6. The van der Waals surface area contributed by atoms with E-state index in [1.54, 1.807) is 49.1 Å². The summed E-state index contributed by atoms with van der Waals surface area (Å²) in [6.07, 6.45) is 9.16. The minimum Gasteiger partial charge on any atom is -0.366 e. The molecule has 2 aromatic heterocycles. The van der Waals surface area contributed by atoms with Crippen molar-refractivity contribution in [3.05, 3.63) is 114 Å². The maximum Gasteiger partial charge on any atom is 0.312 e. The fourth-order valence-electron chi connectivity index (χ4n) is 5.93. The van der Waals surface area contributed by atoms with Gasteiger partial charge in [0, 0.05) is 57.0 Å². The highest BCUT2D eigenvalue weighted by Crippen LogP contribution is 2.11. The van der Waals surface area contributed by atoms with Gasteiger partial charge in [0.1, 0.15) is 12.1 Å². The second kappa shape index (κ2) is 28.5. The van der Waals surface area contributed by atoms with E-state index in [9.17, 15) is 33.9 Å². The third-order valence-corrected chi connectivity index (χ3v) is 9.14. The Bertz CT molecular complexity index is 1890. The van der Waals surface area contributed by atoms with Crippen LogP contribution in [0.1, 0.15) is 48.8 Å². The van der Waals surface area contributed by atoms with E-state index in [2.05, 4.69) is 54.9 Å². The third kappa shape index (κ3) is 20.7. The van der Waals surface area contributed by atoms with E-state index < -0.39 is 54.5 Å². The zero-order chi connectivity index (χ0) is 44.2. The van der Waals surface area contributed by atoms with Crippen molar-refractivity contribution in [1.29, 1.82) is 0 Å². The molecule has 0 radical (unpaired) electrons. The number of pyridine rings is 2. The van der Waals surface area contributed by atoms with Gasteiger partial charge in [0.05, 0.1) is 19.6 Å². The van der Waals surface area contributed by atoms with Crippen molar-refractivity contribution in [2.45, 2.75) is 70.2 Å². The van der Waals surface area contributed by atoms with E-state index in [1.165, 1.54) is 15.9 Å². The van der Waals surface area contributed by atoms with Crippen LogP contribution in [0.25, 0.3) is 0 Å². The normalized spacial score (nSPS) is 12.1. The maximum absolute atomic E-state index is 14.4. The molecule has 18 nitrogen and oxygen atoms in total. The van der Waals surface area contributed by atoms with E-state index in [4.69, 9.17) is 11.5 Å². The fourth-order valence-corrected chi connectivity index (χ4v) is 6.06. The molecular weight excluding hydrogens is 803 g/mol. The number of ketones is 1. The summed E-state index contributed by atoms with van der Waals surface area (Å²) in [6.45, 7) is -0.109. The van der Waals surface area contributed by atoms with Crippen LogP contribution in [0.5, 0.6) is 0 Å². The monoisotopic (exact) mass is 859 g/mol. The molecule has 0 aliphatic carbocycles. The average Bonchev–Trinajstić information content (AvgIpc) is 3.24. The van der Waals surface area contributed by atoms with E-state index in [0.717, 1.165) is 11.1 Å². The molecule has 19 heteroatoms. The Morgan fingerprint density at radius 1 is 0.820 bits per heavy atom. The molecule has 0 saturated carbocycles.